The van der Waals surface area contributed by atoms with Crippen LogP contribution in [0, 0.1) is 6.92 Å². The molecule has 0 aliphatic rings. The molecule has 0 unspecified atom stereocenters. The summed E-state index contributed by atoms with van der Waals surface area (Å²) in [4.78, 5) is 0. The monoisotopic (exact) mass is 336 g/mol. The summed E-state index contributed by atoms with van der Waals surface area (Å²) in [6.07, 6.45) is 3.63. The molecule has 8 heteroatoms. The molecule has 1 aromatic heterocycles. The Morgan fingerprint density at radius 2 is 1.87 bits per heavy atom. The number of hydrogen-bond acceptors (Lipinski definition) is 7. The van der Waals surface area contributed by atoms with Gasteiger partial charge in [-0.2, -0.15) is 9.78 Å². The fourth-order valence-electron chi connectivity index (χ4n) is 1.98. The van der Waals surface area contributed by atoms with Crippen molar-refractivity contribution in [2.24, 2.45) is 5.10 Å². The Bertz CT molecular complexity index is 675. The van der Waals surface area contributed by atoms with E-state index in [0.717, 1.165) is 16.5 Å². The highest BCUT2D eigenvalue weighted by molar-refractivity contribution is 7.98. The van der Waals surface area contributed by atoms with Crippen LogP contribution in [0.15, 0.2) is 22.4 Å². The number of thioether (sulfide) groups is 1. The molecule has 124 valence electrons. The number of benzene rings is 1. The summed E-state index contributed by atoms with van der Waals surface area (Å²) in [7, 11) is 3.18. The van der Waals surface area contributed by atoms with Crippen LogP contribution in [0.4, 0.5) is 0 Å². The lowest BCUT2D eigenvalue weighted by atomic mass is 10.2. The molecule has 0 saturated carbocycles. The Kier molecular flexibility index (Phi) is 5.86. The number of ether oxygens (including phenoxy) is 3. The maximum Gasteiger partial charge on any atom is 0.211 e. The summed E-state index contributed by atoms with van der Waals surface area (Å²) in [5.41, 5.74) is 0.822. The van der Waals surface area contributed by atoms with Crippen molar-refractivity contribution in [3.8, 4) is 17.2 Å². The third-order valence-electron chi connectivity index (χ3n) is 3.04. The van der Waals surface area contributed by atoms with Gasteiger partial charge in [0, 0.05) is 5.56 Å². The Hall–Kier alpha value is -2.22. The van der Waals surface area contributed by atoms with Crippen LogP contribution in [0.25, 0.3) is 0 Å². The van der Waals surface area contributed by atoms with Gasteiger partial charge in [-0.3, -0.25) is 0 Å². The minimum atomic E-state index is 0.525. The van der Waals surface area contributed by atoms with Gasteiger partial charge in [-0.15, -0.1) is 10.2 Å². The van der Waals surface area contributed by atoms with Gasteiger partial charge < -0.3 is 14.2 Å². The van der Waals surface area contributed by atoms with Gasteiger partial charge in [0.25, 0.3) is 0 Å². The SMILES string of the molecule is CCOc1c(OC)cc(/C=N\n2c(C)nnc2SC)cc1OC. The minimum absolute atomic E-state index is 0.525. The van der Waals surface area contributed by atoms with E-state index in [9.17, 15) is 0 Å². The third kappa shape index (κ3) is 3.76. The van der Waals surface area contributed by atoms with E-state index in [4.69, 9.17) is 14.2 Å². The molecule has 0 radical (unpaired) electrons. The number of nitrogens with zero attached hydrogens (tertiary/aromatic N) is 4. The van der Waals surface area contributed by atoms with Crippen LogP contribution in [0.1, 0.15) is 18.3 Å². The summed E-state index contributed by atoms with van der Waals surface area (Å²) >= 11 is 1.48. The molecule has 0 fully saturated rings. The van der Waals surface area contributed by atoms with Gasteiger partial charge in [0.2, 0.25) is 10.9 Å². The van der Waals surface area contributed by atoms with Crippen molar-refractivity contribution in [1.82, 2.24) is 14.9 Å². The molecule has 7 nitrogen and oxygen atoms in total. The van der Waals surface area contributed by atoms with Crippen LogP contribution in [0.2, 0.25) is 0 Å². The molecule has 0 N–H and O–H groups in total. The third-order valence-corrected chi connectivity index (χ3v) is 3.66. The van der Waals surface area contributed by atoms with Crippen molar-refractivity contribution in [3.63, 3.8) is 0 Å². The van der Waals surface area contributed by atoms with Crippen molar-refractivity contribution in [1.29, 1.82) is 0 Å². The van der Waals surface area contributed by atoms with E-state index in [1.54, 1.807) is 25.1 Å². The highest BCUT2D eigenvalue weighted by Gasteiger charge is 2.13. The molecule has 1 aromatic carbocycles. The normalized spacial score (nSPS) is 11.0. The van der Waals surface area contributed by atoms with Gasteiger partial charge in [-0.05, 0) is 32.2 Å². The number of rotatable bonds is 7. The maximum atomic E-state index is 5.59. The number of methoxy groups -OCH3 is 2. The van der Waals surface area contributed by atoms with Gasteiger partial charge >= 0.3 is 0 Å². The Balaban J connectivity index is 2.40. The van der Waals surface area contributed by atoms with Crippen LogP contribution >= 0.6 is 11.8 Å². The standard InChI is InChI=1S/C15H20N4O3S/c1-6-22-14-12(20-3)7-11(8-13(14)21-4)9-16-19-10(2)17-18-15(19)23-5/h7-9H,6H2,1-5H3/b16-9-. The molecule has 0 aliphatic carbocycles. The summed E-state index contributed by atoms with van der Waals surface area (Å²) < 4.78 is 18.0. The van der Waals surface area contributed by atoms with Gasteiger partial charge in [0.15, 0.2) is 17.3 Å². The van der Waals surface area contributed by atoms with Crippen molar-refractivity contribution >= 4 is 18.0 Å². The average Bonchev–Trinajstić information content (AvgIpc) is 2.93. The van der Waals surface area contributed by atoms with Crippen molar-refractivity contribution in [2.45, 2.75) is 19.0 Å². The summed E-state index contributed by atoms with van der Waals surface area (Å²) in [5.74, 6) is 2.49. The number of aromatic nitrogens is 3. The topological polar surface area (TPSA) is 70.8 Å². The second kappa shape index (κ2) is 7.87. The zero-order valence-corrected chi connectivity index (χ0v) is 14.7. The smallest absolute Gasteiger partial charge is 0.211 e. The molecule has 1 heterocycles. The van der Waals surface area contributed by atoms with E-state index in [-0.39, 0.29) is 0 Å². The number of hydrogen-bond donors (Lipinski definition) is 0. The largest absolute Gasteiger partial charge is 0.493 e. The summed E-state index contributed by atoms with van der Waals surface area (Å²) in [6, 6.07) is 3.69. The summed E-state index contributed by atoms with van der Waals surface area (Å²) in [6.45, 7) is 4.29. The van der Waals surface area contributed by atoms with E-state index in [1.807, 2.05) is 32.2 Å². The highest BCUT2D eigenvalue weighted by Crippen LogP contribution is 2.38. The number of aryl methyl sites for hydroxylation is 1. The van der Waals surface area contributed by atoms with Crippen LogP contribution < -0.4 is 14.2 Å². The lowest BCUT2D eigenvalue weighted by Crippen LogP contribution is -2.01. The Morgan fingerprint density at radius 1 is 1.22 bits per heavy atom. The fourth-order valence-corrected chi connectivity index (χ4v) is 2.46. The molecule has 0 atom stereocenters. The lowest BCUT2D eigenvalue weighted by molar-refractivity contribution is 0.288. The molecule has 0 aliphatic heterocycles. The maximum absolute atomic E-state index is 5.59. The first-order valence-electron chi connectivity index (χ1n) is 7.03. The predicted molar refractivity (Wildman–Crippen MR) is 90.2 cm³/mol. The van der Waals surface area contributed by atoms with Gasteiger partial charge in [-0.1, -0.05) is 11.8 Å². The molecular formula is C15H20N4O3S. The molecule has 0 bridgehead atoms. The van der Waals surface area contributed by atoms with Gasteiger partial charge in [0.05, 0.1) is 27.0 Å². The van der Waals surface area contributed by atoms with Crippen LogP contribution in [-0.2, 0) is 0 Å². The van der Waals surface area contributed by atoms with Crippen molar-refractivity contribution < 1.29 is 14.2 Å². The molecule has 0 amide bonds. The Labute approximate surface area is 139 Å². The van der Waals surface area contributed by atoms with E-state index in [0.29, 0.717) is 23.9 Å². The average molecular weight is 336 g/mol. The van der Waals surface area contributed by atoms with E-state index >= 15 is 0 Å². The van der Waals surface area contributed by atoms with Crippen LogP contribution in [0.3, 0.4) is 0 Å². The van der Waals surface area contributed by atoms with Crippen LogP contribution in [-0.4, -0.2) is 48.2 Å². The molecule has 2 aromatic rings. The first-order chi connectivity index (χ1) is 11.1. The molecule has 23 heavy (non-hydrogen) atoms. The first-order valence-corrected chi connectivity index (χ1v) is 8.26. The zero-order valence-electron chi connectivity index (χ0n) is 13.9. The van der Waals surface area contributed by atoms with E-state index < -0.39 is 0 Å². The molecular weight excluding hydrogens is 316 g/mol. The minimum Gasteiger partial charge on any atom is -0.493 e. The predicted octanol–water partition coefficient (Wildman–Crippen LogP) is 2.61. The van der Waals surface area contributed by atoms with E-state index in [2.05, 4.69) is 15.3 Å². The first kappa shape index (κ1) is 17.1. The second-order valence-corrected chi connectivity index (χ2v) is 5.25. The molecule has 2 rings (SSSR count). The van der Waals surface area contributed by atoms with Crippen molar-refractivity contribution in [2.75, 3.05) is 27.1 Å². The fraction of sp³-hybridized carbons (Fsp3) is 0.400. The molecule has 0 spiro atoms. The van der Waals surface area contributed by atoms with Crippen molar-refractivity contribution in [3.05, 3.63) is 23.5 Å². The van der Waals surface area contributed by atoms with Gasteiger partial charge in [-0.25, -0.2) is 0 Å². The highest BCUT2D eigenvalue weighted by atomic mass is 32.2. The Morgan fingerprint density at radius 3 is 2.39 bits per heavy atom. The van der Waals surface area contributed by atoms with Gasteiger partial charge in [0.1, 0.15) is 0 Å². The molecule has 0 saturated heterocycles. The lowest BCUT2D eigenvalue weighted by Gasteiger charge is -2.14. The van der Waals surface area contributed by atoms with E-state index in [1.165, 1.54) is 11.8 Å². The van der Waals surface area contributed by atoms with Crippen LogP contribution in [0.5, 0.6) is 17.2 Å². The second-order valence-electron chi connectivity index (χ2n) is 4.48. The quantitative estimate of drug-likeness (QED) is 0.572. The zero-order chi connectivity index (χ0) is 16.8. The summed E-state index contributed by atoms with van der Waals surface area (Å²) in [5, 5.41) is 13.2.